The second-order valence-corrected chi connectivity index (χ2v) is 4.15. The standard InChI is InChI=1S/C9H9NS2/c1-10-7-4-2-3-5-8(7)12-9(10)6-11/h2-6,9H,1H3. The predicted octanol–water partition coefficient (Wildman–Crippen LogP) is 2.55. The molecular weight excluding hydrogens is 186 g/mol. The van der Waals surface area contributed by atoms with Gasteiger partial charge in [0.05, 0.1) is 5.69 Å². The van der Waals surface area contributed by atoms with Gasteiger partial charge in [0, 0.05) is 17.3 Å². The molecule has 1 heterocycles. The molecule has 0 amide bonds. The molecule has 1 aromatic rings. The number of thiocarbonyl (C=S) groups is 1. The van der Waals surface area contributed by atoms with Crippen LogP contribution in [0.3, 0.4) is 0 Å². The van der Waals surface area contributed by atoms with Gasteiger partial charge in [-0.05, 0) is 12.1 Å². The summed E-state index contributed by atoms with van der Waals surface area (Å²) in [5, 5.41) is 2.14. The minimum atomic E-state index is 0.331. The molecule has 0 aromatic heterocycles. The summed E-state index contributed by atoms with van der Waals surface area (Å²) in [7, 11) is 2.08. The second-order valence-electron chi connectivity index (χ2n) is 2.72. The van der Waals surface area contributed by atoms with Crippen LogP contribution in [0.1, 0.15) is 0 Å². The molecule has 0 N–H and O–H groups in total. The molecule has 2 rings (SSSR count). The fourth-order valence-electron chi connectivity index (χ4n) is 1.31. The van der Waals surface area contributed by atoms with Crippen molar-refractivity contribution in [1.29, 1.82) is 0 Å². The van der Waals surface area contributed by atoms with Crippen LogP contribution in [0.15, 0.2) is 29.2 Å². The van der Waals surface area contributed by atoms with Crippen LogP contribution < -0.4 is 4.90 Å². The summed E-state index contributed by atoms with van der Waals surface area (Å²) in [4.78, 5) is 3.53. The van der Waals surface area contributed by atoms with E-state index in [-0.39, 0.29) is 0 Å². The van der Waals surface area contributed by atoms with Crippen molar-refractivity contribution in [2.45, 2.75) is 10.3 Å². The van der Waals surface area contributed by atoms with Gasteiger partial charge in [0.15, 0.2) is 0 Å². The smallest absolute Gasteiger partial charge is 0.108 e. The molecule has 1 aliphatic rings. The van der Waals surface area contributed by atoms with Crippen molar-refractivity contribution in [3.63, 3.8) is 0 Å². The highest BCUT2D eigenvalue weighted by atomic mass is 32.2. The van der Waals surface area contributed by atoms with E-state index in [9.17, 15) is 0 Å². The lowest BCUT2D eigenvalue weighted by atomic mass is 10.3. The highest BCUT2D eigenvalue weighted by Gasteiger charge is 2.24. The summed E-state index contributed by atoms with van der Waals surface area (Å²) in [5.74, 6) is 0. The zero-order valence-corrected chi connectivity index (χ0v) is 8.36. The van der Waals surface area contributed by atoms with Gasteiger partial charge in [0.2, 0.25) is 0 Å². The van der Waals surface area contributed by atoms with E-state index < -0.39 is 0 Å². The zero-order chi connectivity index (χ0) is 8.55. The van der Waals surface area contributed by atoms with Crippen LogP contribution in [0, 0.1) is 0 Å². The number of fused-ring (bicyclic) bond motifs is 1. The number of anilines is 1. The molecule has 0 radical (unpaired) electrons. The Bertz CT molecular complexity index is 311. The van der Waals surface area contributed by atoms with Crippen LogP contribution in [0.4, 0.5) is 5.69 Å². The van der Waals surface area contributed by atoms with Crippen molar-refractivity contribution in [3.8, 4) is 0 Å². The molecule has 0 aliphatic carbocycles. The molecule has 0 saturated heterocycles. The Morgan fingerprint density at radius 1 is 1.50 bits per heavy atom. The lowest BCUT2D eigenvalue weighted by Crippen LogP contribution is -2.24. The molecule has 1 aliphatic heterocycles. The first-order valence-corrected chi connectivity index (χ1v) is 5.12. The summed E-state index contributed by atoms with van der Waals surface area (Å²) >= 11 is 6.76. The van der Waals surface area contributed by atoms with Crippen LogP contribution in [-0.4, -0.2) is 17.8 Å². The van der Waals surface area contributed by atoms with E-state index in [0.717, 1.165) is 0 Å². The molecule has 1 nitrogen and oxygen atoms in total. The molecule has 1 atom stereocenters. The van der Waals surface area contributed by atoms with Gasteiger partial charge < -0.3 is 4.90 Å². The van der Waals surface area contributed by atoms with E-state index in [4.69, 9.17) is 12.2 Å². The first-order chi connectivity index (χ1) is 5.83. The van der Waals surface area contributed by atoms with E-state index in [1.54, 1.807) is 0 Å². The van der Waals surface area contributed by atoms with Crippen molar-refractivity contribution < 1.29 is 0 Å². The Balaban J connectivity index is 2.41. The molecule has 12 heavy (non-hydrogen) atoms. The van der Waals surface area contributed by atoms with Gasteiger partial charge in [-0.2, -0.15) is 0 Å². The van der Waals surface area contributed by atoms with Gasteiger partial charge in [-0.1, -0.05) is 36.1 Å². The number of thioether (sulfide) groups is 1. The SMILES string of the molecule is CN1c2ccccc2SC1C=S. The van der Waals surface area contributed by atoms with Crippen LogP contribution in [0.5, 0.6) is 0 Å². The molecule has 0 bridgehead atoms. The predicted molar refractivity (Wildman–Crippen MR) is 58.1 cm³/mol. The summed E-state index contributed by atoms with van der Waals surface area (Å²) in [6.07, 6.45) is 0. The topological polar surface area (TPSA) is 3.24 Å². The van der Waals surface area contributed by atoms with Gasteiger partial charge in [-0.3, -0.25) is 0 Å². The molecular formula is C9H9NS2. The average molecular weight is 195 g/mol. The zero-order valence-electron chi connectivity index (χ0n) is 6.73. The number of benzene rings is 1. The molecule has 1 aromatic carbocycles. The highest BCUT2D eigenvalue weighted by molar-refractivity contribution is 8.02. The summed E-state index contributed by atoms with van der Waals surface area (Å²) in [6.45, 7) is 0. The molecule has 0 fully saturated rings. The molecule has 0 saturated carbocycles. The average Bonchev–Trinajstić information content (AvgIpc) is 2.44. The number of hydrogen-bond acceptors (Lipinski definition) is 3. The van der Waals surface area contributed by atoms with E-state index in [0.29, 0.717) is 5.37 Å². The maximum Gasteiger partial charge on any atom is 0.108 e. The van der Waals surface area contributed by atoms with Crippen molar-refractivity contribution in [2.24, 2.45) is 0 Å². The number of rotatable bonds is 1. The van der Waals surface area contributed by atoms with Crippen molar-refractivity contribution >= 4 is 35.0 Å². The fraction of sp³-hybridized carbons (Fsp3) is 0.222. The Morgan fingerprint density at radius 3 is 2.92 bits per heavy atom. The van der Waals surface area contributed by atoms with Gasteiger partial charge in [-0.15, -0.1) is 0 Å². The third-order valence-electron chi connectivity index (χ3n) is 1.99. The Labute approximate surface area is 81.8 Å². The van der Waals surface area contributed by atoms with Gasteiger partial charge in [-0.25, -0.2) is 0 Å². The van der Waals surface area contributed by atoms with E-state index in [2.05, 4.69) is 36.2 Å². The van der Waals surface area contributed by atoms with E-state index in [1.807, 2.05) is 17.1 Å². The monoisotopic (exact) mass is 195 g/mol. The van der Waals surface area contributed by atoms with E-state index >= 15 is 0 Å². The van der Waals surface area contributed by atoms with Gasteiger partial charge in [0.1, 0.15) is 5.37 Å². The van der Waals surface area contributed by atoms with Crippen molar-refractivity contribution in [3.05, 3.63) is 24.3 Å². The molecule has 3 heteroatoms. The Morgan fingerprint density at radius 2 is 2.25 bits per heavy atom. The molecule has 62 valence electrons. The van der Waals surface area contributed by atoms with Crippen LogP contribution in [0.2, 0.25) is 0 Å². The van der Waals surface area contributed by atoms with E-state index in [1.165, 1.54) is 10.6 Å². The van der Waals surface area contributed by atoms with Gasteiger partial charge in [0.25, 0.3) is 0 Å². The van der Waals surface area contributed by atoms with Crippen molar-refractivity contribution in [2.75, 3.05) is 11.9 Å². The Hall–Kier alpha value is -0.540. The van der Waals surface area contributed by atoms with Crippen LogP contribution >= 0.6 is 24.0 Å². The van der Waals surface area contributed by atoms with Gasteiger partial charge >= 0.3 is 0 Å². The maximum atomic E-state index is 4.95. The first-order valence-electron chi connectivity index (χ1n) is 3.77. The number of hydrogen-bond donors (Lipinski definition) is 0. The largest absolute Gasteiger partial charge is 0.357 e. The minimum Gasteiger partial charge on any atom is -0.357 e. The first kappa shape index (κ1) is 8.08. The second kappa shape index (κ2) is 3.07. The fourth-order valence-corrected chi connectivity index (χ4v) is 2.74. The third-order valence-corrected chi connectivity index (χ3v) is 3.71. The molecule has 1 unspecified atom stereocenters. The quantitative estimate of drug-likeness (QED) is 0.634. The summed E-state index contributed by atoms with van der Waals surface area (Å²) < 4.78 is 0. The lowest BCUT2D eigenvalue weighted by molar-refractivity contribution is 1.04. The minimum absolute atomic E-state index is 0.331. The Kier molecular flexibility index (Phi) is 2.07. The number of para-hydroxylation sites is 1. The number of nitrogens with zero attached hydrogens (tertiary/aromatic N) is 1. The van der Waals surface area contributed by atoms with Crippen LogP contribution in [-0.2, 0) is 0 Å². The molecule has 0 spiro atoms. The summed E-state index contributed by atoms with van der Waals surface area (Å²) in [5.41, 5.74) is 1.29. The van der Waals surface area contributed by atoms with Crippen LogP contribution in [0.25, 0.3) is 0 Å². The highest BCUT2D eigenvalue weighted by Crippen LogP contribution is 2.41. The lowest BCUT2D eigenvalue weighted by Gasteiger charge is -2.16. The van der Waals surface area contributed by atoms with Crippen molar-refractivity contribution in [1.82, 2.24) is 0 Å². The third kappa shape index (κ3) is 1.13. The normalized spacial score (nSPS) is 20.8. The maximum absolute atomic E-state index is 4.95. The summed E-state index contributed by atoms with van der Waals surface area (Å²) in [6, 6.07) is 8.38.